The van der Waals surface area contributed by atoms with Crippen LogP contribution >= 0.6 is 11.3 Å². The van der Waals surface area contributed by atoms with E-state index in [1.165, 1.54) is 19.4 Å². The van der Waals surface area contributed by atoms with E-state index in [4.69, 9.17) is 9.52 Å². The topological polar surface area (TPSA) is 90.3 Å². The molecular formula is C26H29F4N5O2S2. The van der Waals surface area contributed by atoms with Gasteiger partial charge in [0.1, 0.15) is 11.2 Å². The summed E-state index contributed by atoms with van der Waals surface area (Å²) in [7, 11) is 0.208. The molecule has 39 heavy (non-hydrogen) atoms. The number of fused-ring (bicyclic) bond motifs is 1. The molecule has 4 rings (SSSR count). The third kappa shape index (κ3) is 7.12. The van der Waals surface area contributed by atoms with Crippen LogP contribution < -0.4 is 15.4 Å². The Morgan fingerprint density at radius 2 is 2.05 bits per heavy atom. The van der Waals surface area contributed by atoms with Crippen LogP contribution in [0.1, 0.15) is 16.9 Å². The number of thiophene rings is 1. The number of pyridine rings is 1. The van der Waals surface area contributed by atoms with E-state index in [0.29, 0.717) is 39.3 Å². The lowest BCUT2D eigenvalue weighted by molar-refractivity contribution is -0.126. The van der Waals surface area contributed by atoms with Crippen molar-refractivity contribution in [2.24, 2.45) is 0 Å². The Bertz CT molecular complexity index is 1510. The molecule has 3 aromatic rings. The molecule has 3 atom stereocenters. The van der Waals surface area contributed by atoms with Crippen LogP contribution in [-0.4, -0.2) is 72.5 Å². The van der Waals surface area contributed by atoms with Crippen LogP contribution in [0.4, 0.5) is 28.9 Å². The molecule has 2 aromatic heterocycles. The average molecular weight is 584 g/mol. The summed E-state index contributed by atoms with van der Waals surface area (Å²) in [4.78, 5) is 6.30. The number of alkyl halides is 4. The maximum Gasteiger partial charge on any atom is 0.393 e. The number of halogens is 4. The molecule has 0 bridgehead atoms. The highest BCUT2D eigenvalue weighted by Gasteiger charge is 2.32. The van der Waals surface area contributed by atoms with Gasteiger partial charge in [0.15, 0.2) is 0 Å². The Labute approximate surface area is 228 Å². The van der Waals surface area contributed by atoms with Crippen LogP contribution in [0.15, 0.2) is 35.4 Å². The number of methoxy groups -OCH3 is 1. The molecule has 1 saturated heterocycles. The summed E-state index contributed by atoms with van der Waals surface area (Å²) in [6.45, 7) is 1.10. The first-order chi connectivity index (χ1) is 18.4. The zero-order valence-electron chi connectivity index (χ0n) is 21.6. The first kappa shape index (κ1) is 28.9. The fourth-order valence-corrected chi connectivity index (χ4v) is 6.13. The number of hydrogen-bond donors (Lipinski definition) is 3. The van der Waals surface area contributed by atoms with E-state index < -0.39 is 34.5 Å². The van der Waals surface area contributed by atoms with Crippen molar-refractivity contribution in [2.45, 2.75) is 36.3 Å². The van der Waals surface area contributed by atoms with E-state index in [0.717, 1.165) is 17.9 Å². The summed E-state index contributed by atoms with van der Waals surface area (Å²) in [5.41, 5.74) is 1.13. The summed E-state index contributed by atoms with van der Waals surface area (Å²) in [5.74, 6) is 5.87. The van der Waals surface area contributed by atoms with Gasteiger partial charge in [-0.1, -0.05) is 24.0 Å². The molecule has 0 radical (unpaired) electrons. The SMILES string of the molecule is COc1nc([S@@](C)(=N)=O)ccc1NCC#Cc1sc2c(N[C@H]3CCN(C)C[C@@H]3F)cccc2c1CC(F)(F)F. The molecule has 1 aliphatic heterocycles. The van der Waals surface area contributed by atoms with Crippen molar-refractivity contribution in [3.8, 4) is 17.7 Å². The molecule has 7 nitrogen and oxygen atoms in total. The summed E-state index contributed by atoms with van der Waals surface area (Å²) in [6, 6.07) is 7.65. The Hall–Kier alpha value is -3.08. The van der Waals surface area contributed by atoms with Crippen LogP contribution in [0.2, 0.25) is 0 Å². The molecule has 3 heterocycles. The molecule has 13 heteroatoms. The van der Waals surface area contributed by atoms with Crippen LogP contribution in [-0.2, 0) is 16.1 Å². The maximum atomic E-state index is 14.7. The van der Waals surface area contributed by atoms with Gasteiger partial charge in [0.05, 0.1) is 56.8 Å². The van der Waals surface area contributed by atoms with Crippen molar-refractivity contribution in [3.63, 3.8) is 0 Å². The van der Waals surface area contributed by atoms with Gasteiger partial charge in [-0.3, -0.25) is 0 Å². The van der Waals surface area contributed by atoms with Gasteiger partial charge >= 0.3 is 6.18 Å². The summed E-state index contributed by atoms with van der Waals surface area (Å²) < 4.78 is 80.7. The molecule has 1 aliphatic rings. The van der Waals surface area contributed by atoms with Gasteiger partial charge in [-0.25, -0.2) is 18.4 Å². The standard InChI is InChI=1S/C26H29F4N5O2S2/c1-35-13-11-19(18(27)15-35)33-20-7-4-6-16-17(14-26(28,29)30)22(38-24(16)20)8-5-12-32-21-9-10-23(39(3,31)36)34-25(21)37-2/h4,6-7,9-10,18-19,31-33H,11-15H2,1-3H3/t18-,19-,39-/m0/s1. The monoisotopic (exact) mass is 583 g/mol. The zero-order valence-corrected chi connectivity index (χ0v) is 23.2. The van der Waals surface area contributed by atoms with Crippen LogP contribution in [0.3, 0.4) is 0 Å². The Morgan fingerprint density at radius 3 is 2.72 bits per heavy atom. The second kappa shape index (κ2) is 11.6. The van der Waals surface area contributed by atoms with Crippen LogP contribution in [0, 0.1) is 16.6 Å². The predicted molar refractivity (Wildman–Crippen MR) is 147 cm³/mol. The third-order valence-corrected chi connectivity index (χ3v) is 8.50. The van der Waals surface area contributed by atoms with Crippen molar-refractivity contribution >= 4 is 42.5 Å². The zero-order chi connectivity index (χ0) is 28.4. The van der Waals surface area contributed by atoms with Crippen molar-refractivity contribution < 1.29 is 26.5 Å². The van der Waals surface area contributed by atoms with E-state index in [-0.39, 0.29) is 23.0 Å². The van der Waals surface area contributed by atoms with Crippen molar-refractivity contribution in [3.05, 3.63) is 40.8 Å². The highest BCUT2D eigenvalue weighted by molar-refractivity contribution is 7.91. The van der Waals surface area contributed by atoms with E-state index in [1.807, 2.05) is 11.9 Å². The Balaban J connectivity index is 1.61. The lowest BCUT2D eigenvalue weighted by Gasteiger charge is -2.33. The first-order valence-electron chi connectivity index (χ1n) is 12.1. The predicted octanol–water partition coefficient (Wildman–Crippen LogP) is 5.36. The highest BCUT2D eigenvalue weighted by Crippen LogP contribution is 2.39. The molecule has 0 unspecified atom stereocenters. The fraction of sp³-hybridized carbons (Fsp3) is 0.423. The van der Waals surface area contributed by atoms with Gasteiger partial charge in [-0.2, -0.15) is 13.2 Å². The number of anilines is 2. The van der Waals surface area contributed by atoms with Crippen molar-refractivity contribution in [2.75, 3.05) is 50.7 Å². The van der Waals surface area contributed by atoms with Gasteiger partial charge in [0.2, 0.25) is 5.88 Å². The summed E-state index contributed by atoms with van der Waals surface area (Å²) in [5, 5.41) is 6.74. The van der Waals surface area contributed by atoms with E-state index in [9.17, 15) is 21.8 Å². The van der Waals surface area contributed by atoms with Gasteiger partial charge in [0.25, 0.3) is 0 Å². The molecule has 210 valence electrons. The minimum atomic E-state index is -4.43. The van der Waals surface area contributed by atoms with Crippen molar-refractivity contribution in [1.82, 2.24) is 9.88 Å². The highest BCUT2D eigenvalue weighted by atomic mass is 32.2. The second-order valence-corrected chi connectivity index (χ2v) is 12.5. The average Bonchev–Trinajstić information content (AvgIpc) is 3.19. The van der Waals surface area contributed by atoms with Crippen LogP contribution in [0.25, 0.3) is 10.1 Å². The molecular weight excluding hydrogens is 554 g/mol. The number of aromatic nitrogens is 1. The number of piperidine rings is 1. The largest absolute Gasteiger partial charge is 0.479 e. The quantitative estimate of drug-likeness (QED) is 0.256. The number of benzene rings is 1. The van der Waals surface area contributed by atoms with Gasteiger partial charge in [-0.05, 0) is 42.6 Å². The molecule has 1 fully saturated rings. The lowest BCUT2D eigenvalue weighted by Crippen LogP contribution is -2.46. The van der Waals surface area contributed by atoms with Gasteiger partial charge in [0, 0.05) is 19.3 Å². The Kier molecular flexibility index (Phi) is 8.58. The number of hydrogen-bond acceptors (Lipinski definition) is 8. The molecule has 0 spiro atoms. The minimum Gasteiger partial charge on any atom is -0.479 e. The number of rotatable bonds is 7. The molecule has 1 aromatic carbocycles. The minimum absolute atomic E-state index is 0.0711. The second-order valence-electron chi connectivity index (χ2n) is 9.41. The number of likely N-dealkylation sites (tertiary alicyclic amines) is 1. The van der Waals surface area contributed by atoms with E-state index in [2.05, 4.69) is 27.5 Å². The Morgan fingerprint density at radius 1 is 1.28 bits per heavy atom. The third-order valence-electron chi connectivity index (χ3n) is 6.28. The first-order valence-corrected chi connectivity index (χ1v) is 14.9. The van der Waals surface area contributed by atoms with Crippen LogP contribution in [0.5, 0.6) is 5.88 Å². The smallest absolute Gasteiger partial charge is 0.393 e. The van der Waals surface area contributed by atoms with E-state index in [1.54, 1.807) is 24.3 Å². The molecule has 0 amide bonds. The lowest BCUT2D eigenvalue weighted by atomic mass is 10.0. The molecule has 0 aliphatic carbocycles. The van der Waals surface area contributed by atoms with E-state index >= 15 is 0 Å². The normalized spacial score (nSPS) is 19.7. The number of nitrogens with zero attached hydrogens (tertiary/aromatic N) is 2. The fourth-order valence-electron chi connectivity index (χ4n) is 4.37. The van der Waals surface area contributed by atoms with Gasteiger partial charge in [-0.15, -0.1) is 11.3 Å². The summed E-state index contributed by atoms with van der Waals surface area (Å²) in [6.07, 6.45) is -4.81. The van der Waals surface area contributed by atoms with Crippen molar-refractivity contribution in [1.29, 1.82) is 4.78 Å². The molecule has 3 N–H and O–H groups in total. The maximum absolute atomic E-state index is 14.7. The number of ether oxygens (including phenoxy) is 1. The molecule has 0 saturated carbocycles. The summed E-state index contributed by atoms with van der Waals surface area (Å²) >= 11 is 1.15. The number of nitrogens with one attached hydrogen (secondary N) is 3. The van der Waals surface area contributed by atoms with Gasteiger partial charge < -0.3 is 20.3 Å².